The Bertz CT molecular complexity index is 290. The molecule has 2 saturated carbocycles. The van der Waals surface area contributed by atoms with Crippen LogP contribution in [0.4, 0.5) is 13.2 Å². The van der Waals surface area contributed by atoms with Crippen molar-refractivity contribution < 1.29 is 17.9 Å². The number of ether oxygens (including phenoxy) is 1. The molecule has 0 bridgehead atoms. The Morgan fingerprint density at radius 2 is 1.52 bits per heavy atom. The summed E-state index contributed by atoms with van der Waals surface area (Å²) in [4.78, 5) is 0. The van der Waals surface area contributed by atoms with Gasteiger partial charge in [-0.15, -0.1) is 0 Å². The lowest BCUT2D eigenvalue weighted by molar-refractivity contribution is -0.108. The van der Waals surface area contributed by atoms with Crippen molar-refractivity contribution in [1.82, 2.24) is 0 Å². The monoisotopic (exact) mass is 308 g/mol. The summed E-state index contributed by atoms with van der Waals surface area (Å²) in [5, 5.41) is 0. The van der Waals surface area contributed by atoms with Crippen molar-refractivity contribution in [3.05, 3.63) is 0 Å². The number of alkyl halides is 3. The fraction of sp³-hybridized carbons (Fsp3) is 1.00. The van der Waals surface area contributed by atoms with Crippen LogP contribution in [0, 0.1) is 11.8 Å². The van der Waals surface area contributed by atoms with Crippen LogP contribution in [0.1, 0.15) is 66.2 Å². The van der Waals surface area contributed by atoms with Gasteiger partial charge in [0.25, 0.3) is 0 Å². The molecular weight excluding hydrogens is 277 g/mol. The zero-order valence-corrected chi connectivity index (χ0v) is 13.9. The SMILES string of the molecule is CC.CC1CCC(F)(COC2CCC(C)C(F)C2F)CC1. The topological polar surface area (TPSA) is 9.23 Å². The molecule has 2 aliphatic rings. The molecule has 2 aliphatic carbocycles. The van der Waals surface area contributed by atoms with Crippen LogP contribution < -0.4 is 0 Å². The summed E-state index contributed by atoms with van der Waals surface area (Å²) in [6.07, 6.45) is -0.0642. The third-order valence-corrected chi connectivity index (χ3v) is 4.84. The number of halogens is 3. The lowest BCUT2D eigenvalue weighted by atomic mass is 9.81. The first-order valence-corrected chi connectivity index (χ1v) is 8.50. The van der Waals surface area contributed by atoms with Gasteiger partial charge in [-0.25, -0.2) is 13.2 Å². The van der Waals surface area contributed by atoms with Gasteiger partial charge < -0.3 is 4.74 Å². The van der Waals surface area contributed by atoms with Gasteiger partial charge in [-0.2, -0.15) is 0 Å². The van der Waals surface area contributed by atoms with Crippen LogP contribution in [0.2, 0.25) is 0 Å². The van der Waals surface area contributed by atoms with Gasteiger partial charge in [0.15, 0.2) is 6.17 Å². The maximum absolute atomic E-state index is 14.5. The third kappa shape index (κ3) is 5.15. The second-order valence-corrected chi connectivity index (χ2v) is 6.63. The van der Waals surface area contributed by atoms with E-state index < -0.39 is 24.1 Å². The molecule has 2 fully saturated rings. The molecule has 4 unspecified atom stereocenters. The Morgan fingerprint density at radius 1 is 0.952 bits per heavy atom. The summed E-state index contributed by atoms with van der Waals surface area (Å²) < 4.78 is 47.3. The summed E-state index contributed by atoms with van der Waals surface area (Å²) in [5.41, 5.74) is -1.33. The van der Waals surface area contributed by atoms with Gasteiger partial charge in [0.2, 0.25) is 0 Å². The van der Waals surface area contributed by atoms with Crippen molar-refractivity contribution in [3.63, 3.8) is 0 Å². The lowest BCUT2D eigenvalue weighted by Gasteiger charge is -2.37. The van der Waals surface area contributed by atoms with E-state index in [-0.39, 0.29) is 12.5 Å². The first-order valence-electron chi connectivity index (χ1n) is 8.50. The lowest BCUT2D eigenvalue weighted by Crippen LogP contribution is -2.44. The van der Waals surface area contributed by atoms with Gasteiger partial charge in [-0.3, -0.25) is 0 Å². The van der Waals surface area contributed by atoms with E-state index >= 15 is 0 Å². The largest absolute Gasteiger partial charge is 0.372 e. The van der Waals surface area contributed by atoms with Gasteiger partial charge >= 0.3 is 0 Å². The quantitative estimate of drug-likeness (QED) is 0.676. The molecule has 0 saturated heterocycles. The minimum atomic E-state index is -1.60. The molecule has 1 nitrogen and oxygen atoms in total. The van der Waals surface area contributed by atoms with E-state index in [4.69, 9.17) is 4.74 Å². The Hall–Kier alpha value is -0.250. The zero-order valence-electron chi connectivity index (χ0n) is 13.9. The van der Waals surface area contributed by atoms with E-state index in [1.807, 2.05) is 13.8 Å². The highest BCUT2D eigenvalue weighted by molar-refractivity contribution is 4.89. The third-order valence-electron chi connectivity index (χ3n) is 4.84. The van der Waals surface area contributed by atoms with Gasteiger partial charge in [-0.1, -0.05) is 27.7 Å². The second-order valence-electron chi connectivity index (χ2n) is 6.63. The maximum Gasteiger partial charge on any atom is 0.157 e. The second kappa shape index (κ2) is 8.40. The molecule has 0 amide bonds. The molecule has 4 heteroatoms. The summed E-state index contributed by atoms with van der Waals surface area (Å²) in [6.45, 7) is 7.76. The first kappa shape index (κ1) is 18.8. The fourth-order valence-electron chi connectivity index (χ4n) is 3.12. The van der Waals surface area contributed by atoms with E-state index in [9.17, 15) is 13.2 Å². The van der Waals surface area contributed by atoms with Gasteiger partial charge in [0, 0.05) is 0 Å². The highest BCUT2D eigenvalue weighted by atomic mass is 19.2. The van der Waals surface area contributed by atoms with Gasteiger partial charge in [-0.05, 0) is 50.4 Å². The molecule has 0 aromatic rings. The van der Waals surface area contributed by atoms with Crippen molar-refractivity contribution >= 4 is 0 Å². The minimum Gasteiger partial charge on any atom is -0.372 e. The average Bonchev–Trinajstić information content (AvgIpc) is 2.50. The van der Waals surface area contributed by atoms with Crippen LogP contribution in [-0.2, 0) is 4.74 Å². The van der Waals surface area contributed by atoms with Crippen molar-refractivity contribution in [2.24, 2.45) is 11.8 Å². The predicted molar refractivity (Wildman–Crippen MR) is 80.7 cm³/mol. The first-order chi connectivity index (χ1) is 9.91. The fourth-order valence-corrected chi connectivity index (χ4v) is 3.12. The number of hydrogen-bond acceptors (Lipinski definition) is 1. The molecule has 0 aliphatic heterocycles. The van der Waals surface area contributed by atoms with Crippen LogP contribution in [0.15, 0.2) is 0 Å². The minimum absolute atomic E-state index is 0.0775. The van der Waals surface area contributed by atoms with E-state index in [1.165, 1.54) is 0 Å². The molecule has 0 spiro atoms. The Balaban J connectivity index is 0.00000106. The van der Waals surface area contributed by atoms with Gasteiger partial charge in [0.1, 0.15) is 11.8 Å². The molecule has 0 heterocycles. The Kier molecular flexibility index (Phi) is 7.52. The van der Waals surface area contributed by atoms with Crippen molar-refractivity contribution in [1.29, 1.82) is 0 Å². The van der Waals surface area contributed by atoms with Crippen LogP contribution in [0.25, 0.3) is 0 Å². The predicted octanol–water partition coefficient (Wildman–Crippen LogP) is 5.42. The van der Waals surface area contributed by atoms with E-state index in [2.05, 4.69) is 6.92 Å². The normalized spacial score (nSPS) is 43.9. The van der Waals surface area contributed by atoms with Crippen molar-refractivity contribution in [2.45, 2.75) is 90.3 Å². The summed E-state index contributed by atoms with van der Waals surface area (Å²) in [7, 11) is 0. The molecular formula is C17H31F3O. The van der Waals surface area contributed by atoms with Crippen molar-refractivity contribution in [2.75, 3.05) is 6.61 Å². The summed E-state index contributed by atoms with van der Waals surface area (Å²) in [5.74, 6) is 0.299. The van der Waals surface area contributed by atoms with Gasteiger partial charge in [0.05, 0.1) is 12.7 Å². The molecule has 2 rings (SSSR count). The Labute approximate surface area is 127 Å². The van der Waals surface area contributed by atoms with Crippen molar-refractivity contribution in [3.8, 4) is 0 Å². The summed E-state index contributed by atoms with van der Waals surface area (Å²) in [6, 6.07) is 0. The average molecular weight is 308 g/mol. The number of rotatable bonds is 3. The van der Waals surface area contributed by atoms with E-state index in [0.29, 0.717) is 31.6 Å². The Morgan fingerprint density at radius 3 is 2.10 bits per heavy atom. The maximum atomic E-state index is 14.5. The molecule has 126 valence electrons. The van der Waals surface area contributed by atoms with Crippen LogP contribution in [0.5, 0.6) is 0 Å². The zero-order chi connectivity index (χ0) is 16.0. The van der Waals surface area contributed by atoms with Crippen LogP contribution in [0.3, 0.4) is 0 Å². The van der Waals surface area contributed by atoms with Crippen LogP contribution >= 0.6 is 0 Å². The standard InChI is InChI=1S/C15H25F3O.C2H6/c1-10-5-7-15(18,8-6-10)9-19-12-4-3-11(2)13(16)14(12)17;1-2/h10-14H,3-9H2,1-2H3;1-2H3. The van der Waals surface area contributed by atoms with E-state index in [1.54, 1.807) is 6.92 Å². The molecule has 21 heavy (non-hydrogen) atoms. The summed E-state index contributed by atoms with van der Waals surface area (Å²) >= 11 is 0. The van der Waals surface area contributed by atoms with Crippen LogP contribution in [-0.4, -0.2) is 30.7 Å². The highest BCUT2D eigenvalue weighted by Crippen LogP contribution is 2.37. The smallest absolute Gasteiger partial charge is 0.157 e. The highest BCUT2D eigenvalue weighted by Gasteiger charge is 2.41. The molecule has 0 aromatic heterocycles. The molecule has 0 radical (unpaired) electrons. The van der Waals surface area contributed by atoms with E-state index in [0.717, 1.165) is 12.8 Å². The number of hydrogen-bond donors (Lipinski definition) is 0. The molecule has 0 aromatic carbocycles. The molecule has 0 N–H and O–H groups in total. The molecule has 4 atom stereocenters.